The molecule has 0 amide bonds. The number of hydrogen-bond acceptors (Lipinski definition) is 2. The monoisotopic (exact) mass is 166 g/mol. The van der Waals surface area contributed by atoms with E-state index in [1.54, 1.807) is 0 Å². The molecule has 1 heterocycles. The molecular weight excluding hydrogens is 148 g/mol. The molecule has 0 unspecified atom stereocenters. The van der Waals surface area contributed by atoms with Crippen molar-refractivity contribution in [3.63, 3.8) is 0 Å². The lowest BCUT2D eigenvalue weighted by atomic mass is 10.1. The summed E-state index contributed by atoms with van der Waals surface area (Å²) < 4.78 is 0. The van der Waals surface area contributed by atoms with Gasteiger partial charge in [-0.1, -0.05) is 12.8 Å². The van der Waals surface area contributed by atoms with Gasteiger partial charge in [0.05, 0.1) is 5.84 Å². The lowest BCUT2D eigenvalue weighted by molar-refractivity contribution is 0.534. The van der Waals surface area contributed by atoms with E-state index >= 15 is 0 Å². The first-order valence-electron chi connectivity index (χ1n) is 5.22. The van der Waals surface area contributed by atoms with Gasteiger partial charge in [-0.25, -0.2) is 0 Å². The summed E-state index contributed by atoms with van der Waals surface area (Å²) in [6.07, 6.45) is 8.19. The van der Waals surface area contributed by atoms with Crippen LogP contribution in [0.25, 0.3) is 0 Å². The van der Waals surface area contributed by atoms with Gasteiger partial charge in [-0.2, -0.15) is 0 Å². The van der Waals surface area contributed by atoms with Crippen LogP contribution >= 0.6 is 0 Å². The first kappa shape index (κ1) is 8.09. The Labute approximate surface area is 74.5 Å². The minimum absolute atomic E-state index is 0.938. The van der Waals surface area contributed by atoms with E-state index in [1.807, 2.05) is 0 Å². The van der Waals surface area contributed by atoms with Crippen LogP contribution in [0.5, 0.6) is 0 Å². The predicted molar refractivity (Wildman–Crippen MR) is 51.5 cm³/mol. The second-order valence-corrected chi connectivity index (χ2v) is 3.96. The number of hydrogen-bond donors (Lipinski definition) is 1. The van der Waals surface area contributed by atoms with Crippen LogP contribution in [0.1, 0.15) is 38.5 Å². The van der Waals surface area contributed by atoms with E-state index in [4.69, 9.17) is 0 Å². The fraction of sp³-hybridized carbons (Fsp3) is 0.900. The third-order valence-corrected chi connectivity index (χ3v) is 2.94. The number of nitrogens with one attached hydrogen (secondary N) is 1. The topological polar surface area (TPSA) is 24.4 Å². The lowest BCUT2D eigenvalue weighted by Crippen LogP contribution is -2.26. The largest absolute Gasteiger partial charge is 0.374 e. The molecule has 0 aromatic rings. The van der Waals surface area contributed by atoms with Crippen LogP contribution in [0.3, 0.4) is 0 Å². The second-order valence-electron chi connectivity index (χ2n) is 3.96. The number of aliphatic imine (C=N–C) groups is 1. The normalized spacial score (nSPS) is 24.5. The van der Waals surface area contributed by atoms with Gasteiger partial charge in [0.25, 0.3) is 0 Å². The molecule has 2 aliphatic rings. The maximum atomic E-state index is 4.40. The van der Waals surface area contributed by atoms with E-state index in [0.717, 1.165) is 12.5 Å². The first-order valence-corrected chi connectivity index (χ1v) is 5.22. The fourth-order valence-corrected chi connectivity index (χ4v) is 2.16. The molecule has 2 nitrogen and oxygen atoms in total. The average Bonchev–Trinajstić information content (AvgIpc) is 2.74. The van der Waals surface area contributed by atoms with E-state index in [2.05, 4.69) is 10.3 Å². The molecule has 2 heteroatoms. The highest BCUT2D eigenvalue weighted by atomic mass is 15.0. The highest BCUT2D eigenvalue weighted by Crippen LogP contribution is 2.23. The molecule has 1 N–H and O–H groups in total. The Kier molecular flexibility index (Phi) is 2.64. The van der Waals surface area contributed by atoms with Crippen molar-refractivity contribution in [2.24, 2.45) is 10.9 Å². The van der Waals surface area contributed by atoms with Crippen LogP contribution in [0, 0.1) is 5.92 Å². The van der Waals surface area contributed by atoms with E-state index in [0.29, 0.717) is 0 Å². The standard InChI is InChI=1S/C10H18N2/c1-2-5-9(4-1)8-12-10-6-3-7-11-10/h9H,1-8H2,(H,11,12). The zero-order chi connectivity index (χ0) is 8.23. The Bertz CT molecular complexity index is 169. The van der Waals surface area contributed by atoms with Gasteiger partial charge in [0.2, 0.25) is 0 Å². The highest BCUT2D eigenvalue weighted by Gasteiger charge is 2.15. The second kappa shape index (κ2) is 3.92. The quantitative estimate of drug-likeness (QED) is 0.666. The fourth-order valence-electron chi connectivity index (χ4n) is 2.16. The van der Waals surface area contributed by atoms with E-state index < -0.39 is 0 Å². The summed E-state index contributed by atoms with van der Waals surface area (Å²) in [5, 5.41) is 3.47. The summed E-state index contributed by atoms with van der Waals surface area (Å²) >= 11 is 0. The third kappa shape index (κ3) is 1.99. The van der Waals surface area contributed by atoms with Crippen molar-refractivity contribution in [3.8, 4) is 0 Å². The van der Waals surface area contributed by atoms with Crippen molar-refractivity contribution in [1.82, 2.24) is 5.32 Å². The molecule has 1 saturated carbocycles. The van der Waals surface area contributed by atoms with Crippen LogP contribution in [0.2, 0.25) is 0 Å². The van der Waals surface area contributed by atoms with Crippen LogP contribution < -0.4 is 5.32 Å². The number of rotatable bonds is 2. The van der Waals surface area contributed by atoms with Crippen molar-refractivity contribution in [3.05, 3.63) is 0 Å². The molecule has 0 atom stereocenters. The molecular formula is C10H18N2. The average molecular weight is 166 g/mol. The molecule has 2 rings (SSSR count). The lowest BCUT2D eigenvalue weighted by Gasteiger charge is -2.10. The Balaban J connectivity index is 1.67. The molecule has 0 aromatic carbocycles. The zero-order valence-corrected chi connectivity index (χ0v) is 7.68. The molecule has 1 fully saturated rings. The Morgan fingerprint density at radius 1 is 1.25 bits per heavy atom. The molecule has 0 bridgehead atoms. The van der Waals surface area contributed by atoms with Crippen LogP contribution in [0.15, 0.2) is 4.99 Å². The Hall–Kier alpha value is -0.530. The van der Waals surface area contributed by atoms with E-state index in [-0.39, 0.29) is 0 Å². The minimum atomic E-state index is 0.938. The van der Waals surface area contributed by atoms with Gasteiger partial charge < -0.3 is 5.32 Å². The van der Waals surface area contributed by atoms with Crippen LogP contribution in [-0.2, 0) is 0 Å². The first-order chi connectivity index (χ1) is 5.95. The smallest absolute Gasteiger partial charge is 0.0963 e. The van der Waals surface area contributed by atoms with Gasteiger partial charge in [0.1, 0.15) is 0 Å². The summed E-state index contributed by atoms with van der Waals surface area (Å²) in [6, 6.07) is 0. The van der Waals surface area contributed by atoms with Crippen molar-refractivity contribution in [2.45, 2.75) is 38.5 Å². The van der Waals surface area contributed by atoms with Crippen molar-refractivity contribution >= 4 is 5.84 Å². The molecule has 0 aromatic heterocycles. The summed E-state index contributed by atoms with van der Waals surface area (Å²) in [6.45, 7) is 2.23. The summed E-state index contributed by atoms with van der Waals surface area (Å²) in [5.74, 6) is 2.20. The summed E-state index contributed by atoms with van der Waals surface area (Å²) in [5.41, 5.74) is 0. The third-order valence-electron chi connectivity index (χ3n) is 2.94. The van der Waals surface area contributed by atoms with Gasteiger partial charge in [-0.15, -0.1) is 0 Å². The van der Waals surface area contributed by atoms with Gasteiger partial charge in [-0.3, -0.25) is 4.99 Å². The number of nitrogens with zero attached hydrogens (tertiary/aromatic N) is 1. The summed E-state index contributed by atoms with van der Waals surface area (Å²) in [7, 11) is 0. The summed E-state index contributed by atoms with van der Waals surface area (Å²) in [4.78, 5) is 4.40. The molecule has 0 spiro atoms. The van der Waals surface area contributed by atoms with Gasteiger partial charge >= 0.3 is 0 Å². The molecule has 0 radical (unpaired) electrons. The van der Waals surface area contributed by atoms with Gasteiger partial charge in [0.15, 0.2) is 0 Å². The molecule has 68 valence electrons. The molecule has 1 aliphatic heterocycles. The SMILES string of the molecule is C1CN=C(NCC2CCCC2)C1. The minimum Gasteiger partial charge on any atom is -0.374 e. The predicted octanol–water partition coefficient (Wildman–Crippen LogP) is 1.96. The van der Waals surface area contributed by atoms with Crippen molar-refractivity contribution in [1.29, 1.82) is 0 Å². The zero-order valence-electron chi connectivity index (χ0n) is 7.68. The van der Waals surface area contributed by atoms with E-state index in [1.165, 1.54) is 50.9 Å². The Morgan fingerprint density at radius 2 is 2.08 bits per heavy atom. The van der Waals surface area contributed by atoms with Gasteiger partial charge in [-0.05, 0) is 25.2 Å². The Morgan fingerprint density at radius 3 is 2.75 bits per heavy atom. The van der Waals surface area contributed by atoms with Crippen LogP contribution in [-0.4, -0.2) is 18.9 Å². The van der Waals surface area contributed by atoms with E-state index in [9.17, 15) is 0 Å². The maximum absolute atomic E-state index is 4.40. The maximum Gasteiger partial charge on any atom is 0.0963 e. The number of amidine groups is 1. The highest BCUT2D eigenvalue weighted by molar-refractivity contribution is 5.83. The molecule has 12 heavy (non-hydrogen) atoms. The van der Waals surface area contributed by atoms with Crippen LogP contribution in [0.4, 0.5) is 0 Å². The van der Waals surface area contributed by atoms with Crippen molar-refractivity contribution < 1.29 is 0 Å². The van der Waals surface area contributed by atoms with Gasteiger partial charge in [0, 0.05) is 19.5 Å². The van der Waals surface area contributed by atoms with Crippen molar-refractivity contribution in [2.75, 3.05) is 13.1 Å². The molecule has 0 saturated heterocycles. The molecule has 1 aliphatic carbocycles.